The quantitative estimate of drug-likeness (QED) is 0.836. The minimum absolute atomic E-state index is 0.0375. The Morgan fingerprint density at radius 2 is 1.89 bits per heavy atom. The first-order valence-electron chi connectivity index (χ1n) is 6.27. The molecule has 1 fully saturated rings. The zero-order chi connectivity index (χ0) is 13.0. The van der Waals surface area contributed by atoms with Crippen LogP contribution in [0.15, 0.2) is 24.3 Å². The lowest BCUT2D eigenvalue weighted by molar-refractivity contribution is -0.136. The Bertz CT molecular complexity index is 435. The Labute approximate surface area is 106 Å². The van der Waals surface area contributed by atoms with E-state index in [1.807, 2.05) is 12.1 Å². The second-order valence-electron chi connectivity index (χ2n) is 4.69. The summed E-state index contributed by atoms with van der Waals surface area (Å²) >= 11 is 0. The molecule has 0 aliphatic heterocycles. The van der Waals surface area contributed by atoms with E-state index in [1.165, 1.54) is 6.42 Å². The summed E-state index contributed by atoms with van der Waals surface area (Å²) < 4.78 is 0. The first kappa shape index (κ1) is 12.6. The molecule has 0 radical (unpaired) electrons. The van der Waals surface area contributed by atoms with Gasteiger partial charge < -0.3 is 10.4 Å². The highest BCUT2D eigenvalue weighted by Gasteiger charge is 2.19. The minimum atomic E-state index is -0.804. The number of carboxylic acids is 1. The third-order valence-corrected chi connectivity index (χ3v) is 3.28. The van der Waals surface area contributed by atoms with Crippen molar-refractivity contribution >= 4 is 11.9 Å². The van der Waals surface area contributed by atoms with E-state index in [0.29, 0.717) is 18.0 Å². The molecule has 0 spiro atoms. The van der Waals surface area contributed by atoms with Crippen LogP contribution in [0.25, 0.3) is 0 Å². The molecule has 4 nitrogen and oxygen atoms in total. The van der Waals surface area contributed by atoms with Crippen LogP contribution in [0, 0.1) is 0 Å². The number of aryl methyl sites for hydroxylation is 1. The second kappa shape index (κ2) is 5.67. The molecule has 18 heavy (non-hydrogen) atoms. The van der Waals surface area contributed by atoms with Crippen LogP contribution in [0.1, 0.15) is 41.6 Å². The number of benzene rings is 1. The van der Waals surface area contributed by atoms with Crippen LogP contribution in [0.2, 0.25) is 0 Å². The van der Waals surface area contributed by atoms with Gasteiger partial charge in [0, 0.05) is 18.0 Å². The van der Waals surface area contributed by atoms with Crippen molar-refractivity contribution in [2.24, 2.45) is 0 Å². The maximum Gasteiger partial charge on any atom is 0.303 e. The van der Waals surface area contributed by atoms with Crippen molar-refractivity contribution < 1.29 is 14.7 Å². The van der Waals surface area contributed by atoms with Crippen molar-refractivity contribution in [3.63, 3.8) is 0 Å². The molecule has 0 bridgehead atoms. The van der Waals surface area contributed by atoms with E-state index in [0.717, 1.165) is 18.4 Å². The van der Waals surface area contributed by atoms with Crippen molar-refractivity contribution in [1.29, 1.82) is 0 Å². The van der Waals surface area contributed by atoms with Gasteiger partial charge in [-0.25, -0.2) is 0 Å². The van der Waals surface area contributed by atoms with E-state index >= 15 is 0 Å². The monoisotopic (exact) mass is 247 g/mol. The number of hydrogen-bond acceptors (Lipinski definition) is 2. The first-order valence-corrected chi connectivity index (χ1v) is 6.27. The molecule has 0 saturated heterocycles. The van der Waals surface area contributed by atoms with Crippen molar-refractivity contribution in [2.45, 2.75) is 38.1 Å². The van der Waals surface area contributed by atoms with Crippen molar-refractivity contribution in [3.05, 3.63) is 35.4 Å². The zero-order valence-electron chi connectivity index (χ0n) is 10.2. The third-order valence-electron chi connectivity index (χ3n) is 3.28. The fourth-order valence-electron chi connectivity index (χ4n) is 1.90. The molecular formula is C14H17NO3. The van der Waals surface area contributed by atoms with Crippen LogP contribution < -0.4 is 5.32 Å². The molecular weight excluding hydrogens is 230 g/mol. The van der Waals surface area contributed by atoms with E-state index in [4.69, 9.17) is 5.11 Å². The van der Waals surface area contributed by atoms with Gasteiger partial charge in [-0.3, -0.25) is 9.59 Å². The lowest BCUT2D eigenvalue weighted by Crippen LogP contribution is -2.39. The van der Waals surface area contributed by atoms with E-state index in [9.17, 15) is 9.59 Å². The maximum absolute atomic E-state index is 11.8. The standard InChI is InChI=1S/C14H17NO3/c16-13(17)9-6-10-4-7-11(8-5-10)14(18)15-12-2-1-3-12/h4-5,7-8,12H,1-3,6,9H2,(H,15,18)(H,16,17). The molecule has 2 N–H and O–H groups in total. The van der Waals surface area contributed by atoms with Gasteiger partial charge in [0.1, 0.15) is 0 Å². The first-order chi connectivity index (χ1) is 8.65. The molecule has 1 aliphatic carbocycles. The number of aliphatic carboxylic acids is 1. The molecule has 0 aromatic heterocycles. The maximum atomic E-state index is 11.8. The molecule has 96 valence electrons. The molecule has 1 aliphatic rings. The van der Waals surface area contributed by atoms with Crippen molar-refractivity contribution in [1.82, 2.24) is 5.32 Å². The Balaban J connectivity index is 1.89. The summed E-state index contributed by atoms with van der Waals surface area (Å²) in [5.74, 6) is -0.841. The van der Waals surface area contributed by atoms with Gasteiger partial charge in [0.05, 0.1) is 0 Å². The lowest BCUT2D eigenvalue weighted by Gasteiger charge is -2.26. The Morgan fingerprint density at radius 1 is 1.22 bits per heavy atom. The predicted molar refractivity (Wildman–Crippen MR) is 67.5 cm³/mol. The van der Waals surface area contributed by atoms with E-state index in [1.54, 1.807) is 12.1 Å². The summed E-state index contributed by atoms with van der Waals surface area (Å²) in [5.41, 5.74) is 1.58. The Hall–Kier alpha value is -1.84. The fourth-order valence-corrected chi connectivity index (χ4v) is 1.90. The van der Waals surface area contributed by atoms with Crippen LogP contribution in [0.4, 0.5) is 0 Å². The molecule has 0 atom stereocenters. The molecule has 1 amide bonds. The average Bonchev–Trinajstić information content (AvgIpc) is 2.31. The average molecular weight is 247 g/mol. The highest BCUT2D eigenvalue weighted by Crippen LogP contribution is 2.18. The SMILES string of the molecule is O=C(O)CCc1ccc(C(=O)NC2CCC2)cc1. The number of carboxylic acid groups (broad SMARTS) is 1. The van der Waals surface area contributed by atoms with Crippen LogP contribution in [0.5, 0.6) is 0 Å². The number of carbonyl (C=O) groups is 2. The zero-order valence-corrected chi connectivity index (χ0v) is 10.2. The number of rotatable bonds is 5. The number of hydrogen-bond donors (Lipinski definition) is 2. The molecule has 0 unspecified atom stereocenters. The predicted octanol–water partition coefficient (Wildman–Crippen LogP) is 1.99. The summed E-state index contributed by atoms with van der Waals surface area (Å²) in [6.45, 7) is 0. The number of carbonyl (C=O) groups excluding carboxylic acids is 1. The lowest BCUT2D eigenvalue weighted by atomic mass is 9.93. The molecule has 1 aromatic rings. The third kappa shape index (κ3) is 3.32. The smallest absolute Gasteiger partial charge is 0.303 e. The summed E-state index contributed by atoms with van der Waals surface area (Å²) in [4.78, 5) is 22.3. The summed E-state index contributed by atoms with van der Waals surface area (Å²) in [5, 5.41) is 11.6. The van der Waals surface area contributed by atoms with Gasteiger partial charge in [0.2, 0.25) is 0 Å². The normalized spacial score (nSPS) is 14.9. The highest BCUT2D eigenvalue weighted by molar-refractivity contribution is 5.94. The van der Waals surface area contributed by atoms with Gasteiger partial charge in [-0.2, -0.15) is 0 Å². The minimum Gasteiger partial charge on any atom is -0.481 e. The van der Waals surface area contributed by atoms with E-state index in [-0.39, 0.29) is 12.3 Å². The number of amides is 1. The van der Waals surface area contributed by atoms with Gasteiger partial charge in [-0.15, -0.1) is 0 Å². The van der Waals surface area contributed by atoms with Gasteiger partial charge in [0.15, 0.2) is 0 Å². The van der Waals surface area contributed by atoms with Gasteiger partial charge >= 0.3 is 5.97 Å². The summed E-state index contributed by atoms with van der Waals surface area (Å²) in [6, 6.07) is 7.48. The van der Waals surface area contributed by atoms with Crippen LogP contribution in [-0.4, -0.2) is 23.0 Å². The van der Waals surface area contributed by atoms with Crippen molar-refractivity contribution in [2.75, 3.05) is 0 Å². The van der Waals surface area contributed by atoms with Gasteiger partial charge in [-0.05, 0) is 43.4 Å². The van der Waals surface area contributed by atoms with Crippen LogP contribution in [0.3, 0.4) is 0 Å². The topological polar surface area (TPSA) is 66.4 Å². The van der Waals surface area contributed by atoms with Crippen molar-refractivity contribution in [3.8, 4) is 0 Å². The van der Waals surface area contributed by atoms with E-state index < -0.39 is 5.97 Å². The Morgan fingerprint density at radius 3 is 2.39 bits per heavy atom. The molecule has 2 rings (SSSR count). The second-order valence-corrected chi connectivity index (χ2v) is 4.69. The Kier molecular flexibility index (Phi) is 3.97. The molecule has 4 heteroatoms. The molecule has 1 saturated carbocycles. The largest absolute Gasteiger partial charge is 0.481 e. The number of nitrogens with one attached hydrogen (secondary N) is 1. The fraction of sp³-hybridized carbons (Fsp3) is 0.429. The van der Waals surface area contributed by atoms with Crippen LogP contribution in [-0.2, 0) is 11.2 Å². The highest BCUT2D eigenvalue weighted by atomic mass is 16.4. The van der Waals surface area contributed by atoms with E-state index in [2.05, 4.69) is 5.32 Å². The van der Waals surface area contributed by atoms with Gasteiger partial charge in [-0.1, -0.05) is 12.1 Å². The molecule has 1 aromatic carbocycles. The van der Waals surface area contributed by atoms with Gasteiger partial charge in [0.25, 0.3) is 5.91 Å². The van der Waals surface area contributed by atoms with Crippen LogP contribution >= 0.6 is 0 Å². The molecule has 0 heterocycles. The summed E-state index contributed by atoms with van der Waals surface area (Å²) in [6.07, 6.45) is 3.96. The summed E-state index contributed by atoms with van der Waals surface area (Å²) in [7, 11) is 0.